The van der Waals surface area contributed by atoms with Gasteiger partial charge in [0.1, 0.15) is 11.4 Å². The molecule has 3 heterocycles. The second-order valence-corrected chi connectivity index (χ2v) is 13.0. The van der Waals surface area contributed by atoms with Gasteiger partial charge in [0.05, 0.1) is 33.9 Å². The number of imidazole rings is 1. The highest BCUT2D eigenvalue weighted by Gasteiger charge is 2.23. The van der Waals surface area contributed by atoms with E-state index in [0.29, 0.717) is 13.1 Å². The van der Waals surface area contributed by atoms with Crippen LogP contribution in [-0.4, -0.2) is 39.7 Å². The van der Waals surface area contributed by atoms with Crippen LogP contribution in [0.4, 0.5) is 4.79 Å². The number of carbonyl (C=O) groups is 1. The number of carbonyl (C=O) groups excluding carboxylic acids is 1. The minimum atomic E-state index is -0.537. The first kappa shape index (κ1) is 28.9. The number of nitrogens with one attached hydrogen (secondary N) is 2. The van der Waals surface area contributed by atoms with E-state index < -0.39 is 5.60 Å². The van der Waals surface area contributed by atoms with Crippen LogP contribution in [0.3, 0.4) is 0 Å². The molecule has 0 spiro atoms. The van der Waals surface area contributed by atoms with Crippen LogP contribution in [0, 0.1) is 13.8 Å². The minimum absolute atomic E-state index is 0.317. The molecule has 0 aliphatic heterocycles. The van der Waals surface area contributed by atoms with Crippen molar-refractivity contribution >= 4 is 54.6 Å². The van der Waals surface area contributed by atoms with E-state index in [1.807, 2.05) is 45.2 Å². The van der Waals surface area contributed by atoms with Crippen LogP contribution in [0.5, 0.6) is 0 Å². The van der Waals surface area contributed by atoms with Crippen molar-refractivity contribution in [2.75, 3.05) is 13.1 Å². The fourth-order valence-corrected chi connectivity index (χ4v) is 7.10. The molecule has 208 valence electrons. The van der Waals surface area contributed by atoms with Crippen molar-refractivity contribution in [3.8, 4) is 10.6 Å². The maximum atomic E-state index is 12.7. The van der Waals surface area contributed by atoms with Gasteiger partial charge in [-0.1, -0.05) is 26.5 Å². The number of allylic oxidation sites excluding steroid dienone is 1. The molecule has 0 atom stereocenters. The van der Waals surface area contributed by atoms with Crippen molar-refractivity contribution < 1.29 is 9.53 Å². The number of benzene rings is 1. The molecule has 0 saturated carbocycles. The van der Waals surface area contributed by atoms with Crippen molar-refractivity contribution in [2.45, 2.75) is 73.8 Å². The van der Waals surface area contributed by atoms with Crippen LogP contribution in [0.1, 0.15) is 69.8 Å². The van der Waals surface area contributed by atoms with E-state index in [2.05, 4.69) is 67.8 Å². The zero-order valence-electron chi connectivity index (χ0n) is 24.4. The fourth-order valence-electron chi connectivity index (χ4n) is 4.64. The first-order valence-corrected chi connectivity index (χ1v) is 15.2. The molecule has 39 heavy (non-hydrogen) atoms. The van der Waals surface area contributed by atoms with Crippen LogP contribution in [0.15, 0.2) is 36.7 Å². The topological polar surface area (TPSA) is 70.2 Å². The van der Waals surface area contributed by atoms with Gasteiger partial charge in [0.15, 0.2) is 0 Å². The van der Waals surface area contributed by atoms with Crippen LogP contribution >= 0.6 is 22.7 Å². The second-order valence-electron chi connectivity index (χ2n) is 10.9. The SMILES string of the molecule is C=C(CN(CCC)C(=O)OC(C)(C)C)N/C(=C\C)c1cc2c(C)c3sc(-c4cnc(CC)[nH]4)cc3c(C)c2s1. The number of fused-ring (bicyclic) bond motifs is 2. The Balaban J connectivity index is 1.60. The number of aromatic amines is 1. The summed E-state index contributed by atoms with van der Waals surface area (Å²) < 4.78 is 8.23. The molecule has 0 unspecified atom stereocenters. The highest BCUT2D eigenvalue weighted by atomic mass is 32.1. The molecular formula is C31H40N4O2S2. The molecule has 0 saturated heterocycles. The Morgan fingerprint density at radius 1 is 1.15 bits per heavy atom. The Labute approximate surface area is 239 Å². The van der Waals surface area contributed by atoms with Gasteiger partial charge in [0.25, 0.3) is 0 Å². The summed E-state index contributed by atoms with van der Waals surface area (Å²) in [6.07, 6.45) is 5.44. The monoisotopic (exact) mass is 564 g/mol. The summed E-state index contributed by atoms with van der Waals surface area (Å²) in [6, 6.07) is 4.57. The number of aryl methyl sites for hydroxylation is 3. The zero-order chi connectivity index (χ0) is 28.5. The average Bonchev–Trinajstić information content (AvgIpc) is 3.62. The van der Waals surface area contributed by atoms with Crippen LogP contribution in [-0.2, 0) is 11.2 Å². The largest absolute Gasteiger partial charge is 0.444 e. The van der Waals surface area contributed by atoms with E-state index in [0.717, 1.165) is 40.6 Å². The first-order valence-electron chi connectivity index (χ1n) is 13.6. The van der Waals surface area contributed by atoms with E-state index >= 15 is 0 Å². The number of aromatic nitrogens is 2. The zero-order valence-corrected chi connectivity index (χ0v) is 26.0. The summed E-state index contributed by atoms with van der Waals surface area (Å²) in [6.45, 7) is 21.5. The molecule has 0 bridgehead atoms. The van der Waals surface area contributed by atoms with Gasteiger partial charge < -0.3 is 19.9 Å². The molecular weight excluding hydrogens is 525 g/mol. The number of ether oxygens (including phenoxy) is 1. The van der Waals surface area contributed by atoms with Gasteiger partial charge in [0, 0.05) is 28.1 Å². The quantitative estimate of drug-likeness (QED) is 0.213. The van der Waals surface area contributed by atoms with Gasteiger partial charge in [0.2, 0.25) is 0 Å². The third kappa shape index (κ3) is 6.23. The van der Waals surface area contributed by atoms with Gasteiger partial charge >= 0.3 is 6.09 Å². The summed E-state index contributed by atoms with van der Waals surface area (Å²) in [5.74, 6) is 1.01. The van der Waals surface area contributed by atoms with Crippen LogP contribution in [0.25, 0.3) is 36.4 Å². The Morgan fingerprint density at radius 2 is 1.82 bits per heavy atom. The maximum Gasteiger partial charge on any atom is 0.410 e. The van der Waals surface area contributed by atoms with Gasteiger partial charge in [-0.05, 0) is 82.0 Å². The van der Waals surface area contributed by atoms with E-state index in [9.17, 15) is 4.79 Å². The molecule has 1 aromatic carbocycles. The summed E-state index contributed by atoms with van der Waals surface area (Å²) in [4.78, 5) is 24.8. The van der Waals surface area contributed by atoms with E-state index in [1.54, 1.807) is 16.2 Å². The maximum absolute atomic E-state index is 12.7. The number of hydrogen-bond acceptors (Lipinski definition) is 6. The lowest BCUT2D eigenvalue weighted by Crippen LogP contribution is -2.39. The van der Waals surface area contributed by atoms with Gasteiger partial charge in [-0.2, -0.15) is 0 Å². The lowest BCUT2D eigenvalue weighted by Gasteiger charge is -2.28. The summed E-state index contributed by atoms with van der Waals surface area (Å²) >= 11 is 3.61. The third-order valence-corrected chi connectivity index (χ3v) is 9.15. The average molecular weight is 565 g/mol. The van der Waals surface area contributed by atoms with Gasteiger partial charge in [-0.15, -0.1) is 22.7 Å². The molecule has 1 amide bonds. The number of hydrogen-bond donors (Lipinski definition) is 2. The lowest BCUT2D eigenvalue weighted by molar-refractivity contribution is 0.0265. The van der Waals surface area contributed by atoms with Gasteiger partial charge in [-0.3, -0.25) is 0 Å². The second kappa shape index (κ2) is 11.6. The molecule has 6 nitrogen and oxygen atoms in total. The summed E-state index contributed by atoms with van der Waals surface area (Å²) in [7, 11) is 0. The number of H-pyrrole nitrogens is 1. The van der Waals surface area contributed by atoms with Crippen molar-refractivity contribution in [1.29, 1.82) is 0 Å². The summed E-state index contributed by atoms with van der Waals surface area (Å²) in [5, 5.41) is 6.06. The molecule has 2 N–H and O–H groups in total. The first-order chi connectivity index (χ1) is 18.4. The Hall–Kier alpha value is -3.10. The molecule has 3 aromatic heterocycles. The number of rotatable bonds is 9. The molecule has 4 rings (SSSR count). The smallest absolute Gasteiger partial charge is 0.410 e. The Bertz CT molecular complexity index is 1490. The standard InChI is InChI=1S/C31H40N4O2S2/c1-10-13-35(30(36)37-31(7,8)9)17-18(4)33-23(11-2)25-14-21-19(5)29-22(20(6)28(21)38-25)15-26(39-29)24-16-32-27(12-3)34-24/h11,14-16,33H,4,10,12-13,17H2,1-3,5-9H3,(H,32,34)/b23-11-. The number of thiophene rings is 2. The van der Waals surface area contributed by atoms with Gasteiger partial charge in [-0.25, -0.2) is 9.78 Å². The van der Waals surface area contributed by atoms with E-state index in [1.165, 1.54) is 36.2 Å². The highest BCUT2D eigenvalue weighted by molar-refractivity contribution is 7.23. The minimum Gasteiger partial charge on any atom is -0.444 e. The van der Waals surface area contributed by atoms with Crippen molar-refractivity contribution in [3.05, 3.63) is 58.5 Å². The van der Waals surface area contributed by atoms with Crippen molar-refractivity contribution in [2.24, 2.45) is 0 Å². The molecule has 4 aromatic rings. The van der Waals surface area contributed by atoms with Crippen LogP contribution < -0.4 is 5.32 Å². The predicted octanol–water partition coefficient (Wildman–Crippen LogP) is 8.80. The predicted molar refractivity (Wildman–Crippen MR) is 168 cm³/mol. The molecule has 0 aliphatic carbocycles. The molecule has 8 heteroatoms. The fraction of sp³-hybridized carbons (Fsp3) is 0.419. The van der Waals surface area contributed by atoms with Crippen LogP contribution in [0.2, 0.25) is 0 Å². The van der Waals surface area contributed by atoms with Crippen molar-refractivity contribution in [1.82, 2.24) is 20.2 Å². The Kier molecular flexibility index (Phi) is 8.57. The number of amides is 1. The third-order valence-electron chi connectivity index (χ3n) is 6.57. The van der Waals surface area contributed by atoms with E-state index in [-0.39, 0.29) is 6.09 Å². The highest BCUT2D eigenvalue weighted by Crippen LogP contribution is 2.44. The molecule has 0 aliphatic rings. The molecule has 0 radical (unpaired) electrons. The Morgan fingerprint density at radius 3 is 2.41 bits per heavy atom. The normalized spacial score (nSPS) is 12.4. The lowest BCUT2D eigenvalue weighted by atomic mass is 10.0. The number of nitrogens with zero attached hydrogens (tertiary/aromatic N) is 2. The van der Waals surface area contributed by atoms with Crippen molar-refractivity contribution in [3.63, 3.8) is 0 Å². The molecule has 0 fully saturated rings. The summed E-state index contributed by atoms with van der Waals surface area (Å²) in [5.41, 5.74) is 4.89. The van der Waals surface area contributed by atoms with E-state index in [4.69, 9.17) is 4.74 Å².